The molecule has 1 heterocycles. The number of halogens is 1. The molecule has 7 heteroatoms. The lowest BCUT2D eigenvalue weighted by Crippen LogP contribution is -2.51. The maximum absolute atomic E-state index is 12.7. The first-order valence-corrected chi connectivity index (χ1v) is 8.54. The van der Waals surface area contributed by atoms with Gasteiger partial charge in [-0.05, 0) is 31.9 Å². The number of carbonyl (C=O) groups is 2. The summed E-state index contributed by atoms with van der Waals surface area (Å²) in [4.78, 5) is 27.0. The maximum atomic E-state index is 12.7. The van der Waals surface area contributed by atoms with Crippen LogP contribution in [0, 0.1) is 5.92 Å². The van der Waals surface area contributed by atoms with E-state index in [4.69, 9.17) is 16.3 Å². The molecule has 0 saturated heterocycles. The van der Waals surface area contributed by atoms with E-state index in [9.17, 15) is 9.59 Å². The predicted octanol–water partition coefficient (Wildman–Crippen LogP) is 3.52. The summed E-state index contributed by atoms with van der Waals surface area (Å²) < 4.78 is 5.57. The summed E-state index contributed by atoms with van der Waals surface area (Å²) in [6.45, 7) is 8.74. The quantitative estimate of drug-likeness (QED) is 0.821. The molecule has 0 fully saturated rings. The normalized spacial score (nSPS) is 12.1. The van der Waals surface area contributed by atoms with Crippen molar-refractivity contribution in [3.63, 3.8) is 0 Å². The Morgan fingerprint density at radius 2 is 2.05 bits per heavy atom. The van der Waals surface area contributed by atoms with Crippen LogP contribution < -0.4 is 5.32 Å². The molecule has 0 aliphatic heterocycles. The lowest BCUT2D eigenvalue weighted by atomic mass is 10.0. The Balaban J connectivity index is 2.78. The minimum atomic E-state index is -0.602. The highest BCUT2D eigenvalue weighted by Gasteiger charge is 2.28. The molecule has 22 heavy (non-hydrogen) atoms. The lowest BCUT2D eigenvalue weighted by Gasteiger charge is -2.28. The van der Waals surface area contributed by atoms with Crippen LogP contribution in [0.2, 0.25) is 4.34 Å². The fourth-order valence-electron chi connectivity index (χ4n) is 1.98. The number of likely N-dealkylation sites (N-methyl/N-ethyl adjacent to an activating group) is 1. The highest BCUT2D eigenvalue weighted by molar-refractivity contribution is 7.16. The monoisotopic (exact) mass is 346 g/mol. The first-order chi connectivity index (χ1) is 10.4. The van der Waals surface area contributed by atoms with Crippen molar-refractivity contribution in [1.82, 2.24) is 10.2 Å². The van der Waals surface area contributed by atoms with E-state index in [2.05, 4.69) is 5.32 Å². The molecular formula is C15H23ClN2O3S. The molecule has 1 atom stereocenters. The van der Waals surface area contributed by atoms with Gasteiger partial charge in [-0.1, -0.05) is 25.4 Å². The number of ether oxygens (including phenoxy) is 1. The largest absolute Gasteiger partial charge is 0.450 e. The molecular weight excluding hydrogens is 324 g/mol. The average Bonchev–Trinajstić information content (AvgIpc) is 2.87. The Labute approximate surface area is 140 Å². The number of thiophene rings is 1. The smallest absolute Gasteiger partial charge is 0.407 e. The van der Waals surface area contributed by atoms with Crippen LogP contribution >= 0.6 is 22.9 Å². The molecule has 1 aromatic rings. The maximum Gasteiger partial charge on any atom is 0.407 e. The lowest BCUT2D eigenvalue weighted by molar-refractivity contribution is -0.134. The van der Waals surface area contributed by atoms with E-state index >= 15 is 0 Å². The molecule has 5 nitrogen and oxygen atoms in total. The Kier molecular flexibility index (Phi) is 7.68. The van der Waals surface area contributed by atoms with Gasteiger partial charge in [0.1, 0.15) is 6.04 Å². The van der Waals surface area contributed by atoms with Crippen molar-refractivity contribution < 1.29 is 14.3 Å². The molecule has 124 valence electrons. The van der Waals surface area contributed by atoms with Gasteiger partial charge in [-0.15, -0.1) is 11.3 Å². The third-order valence-corrected chi connectivity index (χ3v) is 4.37. The van der Waals surface area contributed by atoms with Crippen molar-refractivity contribution in [2.24, 2.45) is 5.92 Å². The van der Waals surface area contributed by atoms with Crippen LogP contribution in [-0.4, -0.2) is 36.1 Å². The van der Waals surface area contributed by atoms with Crippen molar-refractivity contribution in [2.75, 3.05) is 13.2 Å². The van der Waals surface area contributed by atoms with Crippen LogP contribution in [0.5, 0.6) is 0 Å². The van der Waals surface area contributed by atoms with Crippen molar-refractivity contribution in [3.05, 3.63) is 21.3 Å². The molecule has 0 aliphatic carbocycles. The molecule has 1 unspecified atom stereocenters. The molecule has 1 aromatic heterocycles. The first kappa shape index (κ1) is 18.8. The number of rotatable bonds is 7. The summed E-state index contributed by atoms with van der Waals surface area (Å²) in [6, 6.07) is 3.12. The van der Waals surface area contributed by atoms with Crippen molar-refractivity contribution in [1.29, 1.82) is 0 Å². The summed E-state index contributed by atoms with van der Waals surface area (Å²) in [6.07, 6.45) is -0.565. The van der Waals surface area contributed by atoms with Gasteiger partial charge in [0, 0.05) is 11.4 Å². The van der Waals surface area contributed by atoms with Gasteiger partial charge in [-0.25, -0.2) is 4.79 Å². The number of nitrogens with one attached hydrogen (secondary N) is 1. The van der Waals surface area contributed by atoms with Crippen LogP contribution in [0.1, 0.15) is 32.6 Å². The highest BCUT2D eigenvalue weighted by Crippen LogP contribution is 2.23. The SMILES string of the molecule is CCOC(=O)NC(C(=O)N(CC)Cc1ccc(Cl)s1)C(C)C. The van der Waals surface area contributed by atoms with E-state index in [1.807, 2.05) is 32.9 Å². The Morgan fingerprint density at radius 1 is 1.36 bits per heavy atom. The van der Waals surface area contributed by atoms with E-state index < -0.39 is 12.1 Å². The van der Waals surface area contributed by atoms with E-state index in [1.165, 1.54) is 11.3 Å². The van der Waals surface area contributed by atoms with Gasteiger partial charge in [-0.2, -0.15) is 0 Å². The van der Waals surface area contributed by atoms with Gasteiger partial charge < -0.3 is 15.0 Å². The first-order valence-electron chi connectivity index (χ1n) is 7.35. The average molecular weight is 347 g/mol. The molecule has 0 spiro atoms. The highest BCUT2D eigenvalue weighted by atomic mass is 35.5. The summed E-state index contributed by atoms with van der Waals surface area (Å²) in [5.41, 5.74) is 0. The van der Waals surface area contributed by atoms with Crippen LogP contribution in [0.15, 0.2) is 12.1 Å². The number of nitrogens with zero attached hydrogens (tertiary/aromatic N) is 1. The second kappa shape index (κ2) is 9.00. The van der Waals surface area contributed by atoms with E-state index in [-0.39, 0.29) is 18.4 Å². The zero-order valence-corrected chi connectivity index (χ0v) is 15.0. The van der Waals surface area contributed by atoms with Gasteiger partial charge in [0.05, 0.1) is 17.5 Å². The minimum Gasteiger partial charge on any atom is -0.450 e. The van der Waals surface area contributed by atoms with Gasteiger partial charge in [0.25, 0.3) is 0 Å². The van der Waals surface area contributed by atoms with Gasteiger partial charge in [0.15, 0.2) is 0 Å². The third-order valence-electron chi connectivity index (χ3n) is 3.15. The molecule has 0 aliphatic rings. The minimum absolute atomic E-state index is 0.0297. The second-order valence-corrected chi connectivity index (χ2v) is 6.94. The summed E-state index contributed by atoms with van der Waals surface area (Å²) >= 11 is 7.38. The Morgan fingerprint density at radius 3 is 2.50 bits per heavy atom. The number of amides is 2. The summed E-state index contributed by atoms with van der Waals surface area (Å²) in [5.74, 6) is -0.145. The molecule has 0 bridgehead atoms. The number of carbonyl (C=O) groups excluding carboxylic acids is 2. The van der Waals surface area contributed by atoms with Crippen LogP contribution in [0.25, 0.3) is 0 Å². The Bertz CT molecular complexity index is 505. The summed E-state index contributed by atoms with van der Waals surface area (Å²) in [5, 5.41) is 2.65. The van der Waals surface area contributed by atoms with Gasteiger partial charge in [0.2, 0.25) is 5.91 Å². The van der Waals surface area contributed by atoms with Gasteiger partial charge >= 0.3 is 6.09 Å². The van der Waals surface area contributed by atoms with Crippen molar-refractivity contribution >= 4 is 34.9 Å². The molecule has 0 aromatic carbocycles. The number of hydrogen-bond acceptors (Lipinski definition) is 4. The topological polar surface area (TPSA) is 58.6 Å². The predicted molar refractivity (Wildman–Crippen MR) is 89.2 cm³/mol. The van der Waals surface area contributed by atoms with Crippen molar-refractivity contribution in [3.8, 4) is 0 Å². The zero-order chi connectivity index (χ0) is 16.7. The van der Waals surface area contributed by atoms with E-state index in [0.29, 0.717) is 17.4 Å². The molecule has 1 N–H and O–H groups in total. The molecule has 1 rings (SSSR count). The Hall–Kier alpha value is -1.27. The second-order valence-electron chi connectivity index (χ2n) is 5.14. The van der Waals surface area contributed by atoms with Crippen LogP contribution in [-0.2, 0) is 16.1 Å². The number of alkyl carbamates (subject to hydrolysis) is 1. The van der Waals surface area contributed by atoms with Crippen LogP contribution in [0.3, 0.4) is 0 Å². The zero-order valence-electron chi connectivity index (χ0n) is 13.4. The fourth-order valence-corrected chi connectivity index (χ4v) is 3.08. The van der Waals surface area contributed by atoms with Crippen molar-refractivity contribution in [2.45, 2.75) is 40.3 Å². The molecule has 0 radical (unpaired) electrons. The van der Waals surface area contributed by atoms with E-state index in [0.717, 1.165) is 4.88 Å². The third kappa shape index (κ3) is 5.50. The summed E-state index contributed by atoms with van der Waals surface area (Å²) in [7, 11) is 0. The molecule has 2 amide bonds. The standard InChI is InChI=1S/C15H23ClN2O3S/c1-5-18(9-11-7-8-12(16)22-11)14(19)13(10(3)4)17-15(20)21-6-2/h7-8,10,13H,5-6,9H2,1-4H3,(H,17,20). The van der Waals surface area contributed by atoms with E-state index in [1.54, 1.807) is 11.8 Å². The molecule has 0 saturated carbocycles. The van der Waals surface area contributed by atoms with Crippen LogP contribution in [0.4, 0.5) is 4.79 Å². The number of hydrogen-bond donors (Lipinski definition) is 1. The fraction of sp³-hybridized carbons (Fsp3) is 0.600. The van der Waals surface area contributed by atoms with Gasteiger partial charge in [-0.3, -0.25) is 4.79 Å².